The van der Waals surface area contributed by atoms with Gasteiger partial charge in [-0.1, -0.05) is 24.4 Å². The van der Waals surface area contributed by atoms with E-state index < -0.39 is 0 Å². The van der Waals surface area contributed by atoms with Crippen LogP contribution in [0.3, 0.4) is 0 Å². The van der Waals surface area contributed by atoms with Crippen molar-refractivity contribution in [2.45, 2.75) is 13.5 Å². The molecule has 2 aromatic carbocycles. The molecule has 0 radical (unpaired) electrons. The van der Waals surface area contributed by atoms with Crippen LogP contribution in [0.2, 0.25) is 0 Å². The highest BCUT2D eigenvalue weighted by molar-refractivity contribution is 7.80. The van der Waals surface area contributed by atoms with Crippen molar-refractivity contribution in [2.75, 3.05) is 6.61 Å². The minimum Gasteiger partial charge on any atom is -0.494 e. The van der Waals surface area contributed by atoms with Crippen LogP contribution in [0.5, 0.6) is 5.75 Å². The maximum absolute atomic E-state index is 12.8. The number of benzene rings is 2. The first-order chi connectivity index (χ1) is 9.69. The van der Waals surface area contributed by atoms with Crippen molar-refractivity contribution in [3.8, 4) is 5.75 Å². The van der Waals surface area contributed by atoms with Crippen molar-refractivity contribution >= 4 is 17.2 Å². The molecule has 2 rings (SSSR count). The summed E-state index contributed by atoms with van der Waals surface area (Å²) in [6, 6.07) is 14.0. The molecule has 0 bridgehead atoms. The predicted molar refractivity (Wildman–Crippen MR) is 82.6 cm³/mol. The molecule has 2 nitrogen and oxygen atoms in total. The summed E-state index contributed by atoms with van der Waals surface area (Å²) >= 11 is 5.33. The zero-order valence-electron chi connectivity index (χ0n) is 11.2. The van der Waals surface area contributed by atoms with E-state index in [4.69, 9.17) is 17.0 Å². The summed E-state index contributed by atoms with van der Waals surface area (Å²) in [5.74, 6) is 0.598. The second-order valence-corrected chi connectivity index (χ2v) is 4.67. The van der Waals surface area contributed by atoms with Gasteiger partial charge in [0.25, 0.3) is 0 Å². The van der Waals surface area contributed by atoms with E-state index in [1.54, 1.807) is 12.1 Å². The number of rotatable bonds is 5. The Morgan fingerprint density at radius 3 is 2.35 bits per heavy atom. The van der Waals surface area contributed by atoms with Crippen LogP contribution >= 0.6 is 12.2 Å². The fourth-order valence-corrected chi connectivity index (χ4v) is 1.96. The summed E-state index contributed by atoms with van der Waals surface area (Å²) in [7, 11) is 0. The highest BCUT2D eigenvalue weighted by atomic mass is 32.1. The average Bonchev–Trinajstić information content (AvgIpc) is 2.47. The Hall–Kier alpha value is -1.94. The van der Waals surface area contributed by atoms with E-state index in [0.717, 1.165) is 16.9 Å². The van der Waals surface area contributed by atoms with Crippen molar-refractivity contribution < 1.29 is 9.13 Å². The molecule has 104 valence electrons. The van der Waals surface area contributed by atoms with E-state index in [-0.39, 0.29) is 5.82 Å². The van der Waals surface area contributed by atoms with Crippen LogP contribution in [-0.2, 0) is 6.54 Å². The maximum atomic E-state index is 12.8. The van der Waals surface area contributed by atoms with Crippen LogP contribution in [0.15, 0.2) is 48.5 Å². The van der Waals surface area contributed by atoms with Gasteiger partial charge in [-0.15, -0.1) is 0 Å². The number of hydrogen-bond acceptors (Lipinski definition) is 2. The van der Waals surface area contributed by atoms with Crippen molar-refractivity contribution in [1.29, 1.82) is 0 Å². The third-order valence-electron chi connectivity index (χ3n) is 2.79. The topological polar surface area (TPSA) is 21.3 Å². The van der Waals surface area contributed by atoms with Crippen molar-refractivity contribution in [1.82, 2.24) is 5.32 Å². The van der Waals surface area contributed by atoms with Gasteiger partial charge in [0.05, 0.1) is 6.61 Å². The van der Waals surface area contributed by atoms with Gasteiger partial charge in [0.1, 0.15) is 16.6 Å². The van der Waals surface area contributed by atoms with Gasteiger partial charge in [-0.25, -0.2) is 4.39 Å². The second-order valence-electron chi connectivity index (χ2n) is 4.27. The van der Waals surface area contributed by atoms with Gasteiger partial charge in [-0.2, -0.15) is 0 Å². The first-order valence-corrected chi connectivity index (χ1v) is 6.85. The van der Waals surface area contributed by atoms with Crippen LogP contribution in [-0.4, -0.2) is 11.6 Å². The summed E-state index contributed by atoms with van der Waals surface area (Å²) < 4.78 is 18.2. The molecule has 4 heteroatoms. The quantitative estimate of drug-likeness (QED) is 0.848. The molecule has 0 heterocycles. The number of thiocarbonyl (C=S) groups is 1. The van der Waals surface area contributed by atoms with Crippen molar-refractivity contribution in [3.05, 3.63) is 65.5 Å². The standard InChI is InChI=1S/C16H16FNOS/c1-2-19-15-9-5-13(6-10-15)16(20)18-11-12-3-7-14(17)8-4-12/h3-10H,2,11H2,1H3,(H,18,20). The highest BCUT2D eigenvalue weighted by Gasteiger charge is 2.02. The number of hydrogen-bond donors (Lipinski definition) is 1. The molecule has 0 aliphatic heterocycles. The Kier molecular flexibility index (Phi) is 5.07. The molecule has 0 aromatic heterocycles. The molecule has 0 aliphatic rings. The number of halogens is 1. The van der Waals surface area contributed by atoms with E-state index >= 15 is 0 Å². The van der Waals surface area contributed by atoms with Crippen LogP contribution < -0.4 is 10.1 Å². The Morgan fingerprint density at radius 2 is 1.75 bits per heavy atom. The van der Waals surface area contributed by atoms with Crippen molar-refractivity contribution in [2.24, 2.45) is 0 Å². The van der Waals surface area contributed by atoms with Gasteiger partial charge < -0.3 is 10.1 Å². The van der Waals surface area contributed by atoms with E-state index in [9.17, 15) is 4.39 Å². The molecule has 20 heavy (non-hydrogen) atoms. The van der Waals surface area contributed by atoms with E-state index in [1.807, 2.05) is 31.2 Å². The summed E-state index contributed by atoms with van der Waals surface area (Å²) in [5, 5.41) is 3.15. The van der Waals surface area contributed by atoms with Gasteiger partial charge in [0.15, 0.2) is 0 Å². The molecule has 0 saturated heterocycles. The molecular weight excluding hydrogens is 273 g/mol. The van der Waals surface area contributed by atoms with Gasteiger partial charge >= 0.3 is 0 Å². The summed E-state index contributed by atoms with van der Waals surface area (Å²) in [6.45, 7) is 3.17. The third-order valence-corrected chi connectivity index (χ3v) is 3.17. The minimum atomic E-state index is -0.233. The molecule has 0 spiro atoms. The fourth-order valence-electron chi connectivity index (χ4n) is 1.76. The van der Waals surface area contributed by atoms with Crippen LogP contribution in [0.1, 0.15) is 18.1 Å². The SMILES string of the molecule is CCOc1ccc(C(=S)NCc2ccc(F)cc2)cc1. The molecule has 0 fully saturated rings. The molecule has 0 aliphatic carbocycles. The lowest BCUT2D eigenvalue weighted by Gasteiger charge is -2.09. The van der Waals surface area contributed by atoms with Crippen LogP contribution in [0.4, 0.5) is 4.39 Å². The molecule has 0 amide bonds. The van der Waals surface area contributed by atoms with Gasteiger partial charge in [0, 0.05) is 12.1 Å². The largest absolute Gasteiger partial charge is 0.494 e. The normalized spacial score (nSPS) is 10.1. The first-order valence-electron chi connectivity index (χ1n) is 6.44. The third kappa shape index (κ3) is 4.03. The van der Waals surface area contributed by atoms with Crippen LogP contribution in [0, 0.1) is 5.82 Å². The smallest absolute Gasteiger partial charge is 0.123 e. The van der Waals surface area contributed by atoms with Crippen LogP contribution in [0.25, 0.3) is 0 Å². The molecule has 2 aromatic rings. The summed E-state index contributed by atoms with van der Waals surface area (Å²) in [4.78, 5) is 0.664. The zero-order valence-corrected chi connectivity index (χ0v) is 12.0. The Balaban J connectivity index is 1.92. The number of nitrogens with one attached hydrogen (secondary N) is 1. The lowest BCUT2D eigenvalue weighted by Crippen LogP contribution is -2.21. The highest BCUT2D eigenvalue weighted by Crippen LogP contribution is 2.12. The lowest BCUT2D eigenvalue weighted by atomic mass is 10.2. The van der Waals surface area contributed by atoms with E-state index in [1.165, 1.54) is 12.1 Å². The van der Waals surface area contributed by atoms with E-state index in [0.29, 0.717) is 18.1 Å². The lowest BCUT2D eigenvalue weighted by molar-refractivity contribution is 0.340. The van der Waals surface area contributed by atoms with E-state index in [2.05, 4.69) is 5.32 Å². The molecule has 0 saturated carbocycles. The summed E-state index contributed by atoms with van der Waals surface area (Å²) in [5.41, 5.74) is 1.92. The fraction of sp³-hybridized carbons (Fsp3) is 0.188. The second kappa shape index (κ2) is 7.01. The monoisotopic (exact) mass is 289 g/mol. The van der Waals surface area contributed by atoms with Gasteiger partial charge in [0.2, 0.25) is 0 Å². The Morgan fingerprint density at radius 1 is 1.10 bits per heavy atom. The minimum absolute atomic E-state index is 0.233. The predicted octanol–water partition coefficient (Wildman–Crippen LogP) is 3.69. The molecular formula is C16H16FNOS. The Labute approximate surface area is 123 Å². The van der Waals surface area contributed by atoms with Crippen molar-refractivity contribution in [3.63, 3.8) is 0 Å². The van der Waals surface area contributed by atoms with Gasteiger partial charge in [-0.3, -0.25) is 0 Å². The Bertz CT molecular complexity index is 566. The zero-order chi connectivity index (χ0) is 14.4. The molecule has 1 N–H and O–H groups in total. The molecule has 0 unspecified atom stereocenters. The summed E-state index contributed by atoms with van der Waals surface area (Å²) in [6.07, 6.45) is 0. The maximum Gasteiger partial charge on any atom is 0.123 e. The average molecular weight is 289 g/mol. The molecule has 0 atom stereocenters. The number of ether oxygens (including phenoxy) is 1. The first kappa shape index (κ1) is 14.5. The van der Waals surface area contributed by atoms with Gasteiger partial charge in [-0.05, 0) is 48.9 Å².